The third-order valence-electron chi connectivity index (χ3n) is 4.40. The molecule has 1 aromatic heterocycles. The first kappa shape index (κ1) is 17.9. The van der Waals surface area contributed by atoms with Crippen molar-refractivity contribution >= 4 is 34.1 Å². The topological polar surface area (TPSA) is 77.8 Å². The summed E-state index contributed by atoms with van der Waals surface area (Å²) in [6.45, 7) is 0. The fourth-order valence-corrected chi connectivity index (χ4v) is 3.12. The van der Waals surface area contributed by atoms with Crippen LogP contribution in [0.5, 0.6) is 5.88 Å². The zero-order valence-corrected chi connectivity index (χ0v) is 15.5. The Morgan fingerprint density at radius 3 is 2.43 bits per heavy atom. The number of halogens is 1. The standard InChI is InChI=1S/C22H16ClN3O2/c23-17-9-6-14(7-10-17)12-15-8-11-18-19(13-15)24-22(28)20(18)25-26-21(27)16-4-2-1-3-5-16/h1-11,13,24,28H,12H2. The highest BCUT2D eigenvalue weighted by molar-refractivity contribution is 6.30. The molecule has 4 rings (SSSR count). The van der Waals surface area contributed by atoms with Gasteiger partial charge in [-0.15, -0.1) is 10.2 Å². The highest BCUT2D eigenvalue weighted by Gasteiger charge is 2.12. The summed E-state index contributed by atoms with van der Waals surface area (Å²) in [4.78, 5) is 15.0. The van der Waals surface area contributed by atoms with Crippen molar-refractivity contribution in [3.8, 4) is 5.88 Å². The Labute approximate surface area is 166 Å². The number of aromatic amines is 1. The van der Waals surface area contributed by atoms with Gasteiger partial charge in [0.05, 0.1) is 5.52 Å². The van der Waals surface area contributed by atoms with Crippen LogP contribution in [0.4, 0.5) is 5.69 Å². The number of H-pyrrole nitrogens is 1. The van der Waals surface area contributed by atoms with Crippen LogP contribution in [0.25, 0.3) is 10.9 Å². The number of aromatic hydroxyl groups is 1. The van der Waals surface area contributed by atoms with Crippen molar-refractivity contribution in [3.05, 3.63) is 94.5 Å². The predicted molar refractivity (Wildman–Crippen MR) is 110 cm³/mol. The molecule has 0 aliphatic carbocycles. The first-order valence-electron chi connectivity index (χ1n) is 8.69. The van der Waals surface area contributed by atoms with Crippen LogP contribution in [0.1, 0.15) is 21.5 Å². The van der Waals surface area contributed by atoms with Crippen LogP contribution in [0.3, 0.4) is 0 Å². The molecule has 0 aliphatic heterocycles. The predicted octanol–water partition coefficient (Wildman–Crippen LogP) is 6.04. The Kier molecular flexibility index (Phi) is 4.91. The van der Waals surface area contributed by atoms with Crippen LogP contribution < -0.4 is 0 Å². The molecule has 2 N–H and O–H groups in total. The average Bonchev–Trinajstić information content (AvgIpc) is 3.03. The molecule has 0 atom stereocenters. The highest BCUT2D eigenvalue weighted by atomic mass is 35.5. The second kappa shape index (κ2) is 7.66. The Balaban J connectivity index is 1.60. The smallest absolute Gasteiger partial charge is 0.295 e. The second-order valence-electron chi connectivity index (χ2n) is 6.38. The number of rotatable bonds is 4. The first-order chi connectivity index (χ1) is 13.6. The van der Waals surface area contributed by atoms with E-state index in [4.69, 9.17) is 11.6 Å². The van der Waals surface area contributed by atoms with Crippen molar-refractivity contribution in [2.24, 2.45) is 10.2 Å². The Morgan fingerprint density at radius 2 is 1.68 bits per heavy atom. The maximum atomic E-state index is 12.1. The summed E-state index contributed by atoms with van der Waals surface area (Å²) in [7, 11) is 0. The van der Waals surface area contributed by atoms with Gasteiger partial charge < -0.3 is 10.1 Å². The molecule has 0 radical (unpaired) electrons. The molecule has 0 spiro atoms. The number of benzene rings is 3. The van der Waals surface area contributed by atoms with Crippen LogP contribution in [0.2, 0.25) is 5.02 Å². The van der Waals surface area contributed by atoms with Gasteiger partial charge in [0.1, 0.15) is 0 Å². The molecule has 4 aromatic rings. The molecular weight excluding hydrogens is 374 g/mol. The SMILES string of the molecule is O=C(N=Nc1c(O)[nH]c2cc(Cc3ccc(Cl)cc3)ccc12)c1ccccc1. The molecule has 138 valence electrons. The summed E-state index contributed by atoms with van der Waals surface area (Å²) < 4.78 is 0. The summed E-state index contributed by atoms with van der Waals surface area (Å²) in [6.07, 6.45) is 0.732. The number of fused-ring (bicyclic) bond motifs is 1. The first-order valence-corrected chi connectivity index (χ1v) is 9.07. The van der Waals surface area contributed by atoms with E-state index in [1.807, 2.05) is 48.5 Å². The molecule has 0 bridgehead atoms. The van der Waals surface area contributed by atoms with Gasteiger partial charge >= 0.3 is 0 Å². The molecule has 1 amide bonds. The summed E-state index contributed by atoms with van der Waals surface area (Å²) in [5, 5.41) is 19.3. The lowest BCUT2D eigenvalue weighted by molar-refractivity contribution is 0.0995. The Hall–Kier alpha value is -3.44. The third-order valence-corrected chi connectivity index (χ3v) is 4.65. The van der Waals surface area contributed by atoms with Crippen molar-refractivity contribution in [2.75, 3.05) is 0 Å². The van der Waals surface area contributed by atoms with Gasteiger partial charge in [-0.3, -0.25) is 4.79 Å². The molecule has 6 heteroatoms. The highest BCUT2D eigenvalue weighted by Crippen LogP contribution is 2.36. The second-order valence-corrected chi connectivity index (χ2v) is 6.81. The van der Waals surface area contributed by atoms with E-state index in [1.165, 1.54) is 0 Å². The largest absolute Gasteiger partial charge is 0.493 e. The molecule has 0 aliphatic rings. The quantitative estimate of drug-likeness (QED) is 0.417. The van der Waals surface area contributed by atoms with E-state index < -0.39 is 5.91 Å². The minimum Gasteiger partial charge on any atom is -0.493 e. The van der Waals surface area contributed by atoms with E-state index >= 15 is 0 Å². The maximum absolute atomic E-state index is 12.1. The maximum Gasteiger partial charge on any atom is 0.295 e. The van der Waals surface area contributed by atoms with Crippen molar-refractivity contribution in [2.45, 2.75) is 6.42 Å². The number of nitrogens with zero attached hydrogens (tertiary/aromatic N) is 2. The minimum absolute atomic E-state index is 0.122. The summed E-state index contributed by atoms with van der Waals surface area (Å²) in [6, 6.07) is 22.1. The van der Waals surface area contributed by atoms with Crippen molar-refractivity contribution in [3.63, 3.8) is 0 Å². The van der Waals surface area contributed by atoms with E-state index in [0.717, 1.165) is 23.1 Å². The molecule has 1 heterocycles. The molecule has 0 saturated heterocycles. The van der Waals surface area contributed by atoms with Gasteiger partial charge in [-0.1, -0.05) is 54.1 Å². The summed E-state index contributed by atoms with van der Waals surface area (Å²) in [5.74, 6) is -0.586. The fourth-order valence-electron chi connectivity index (χ4n) is 3.00. The number of aromatic nitrogens is 1. The van der Waals surface area contributed by atoms with E-state index in [-0.39, 0.29) is 11.6 Å². The van der Waals surface area contributed by atoms with Crippen molar-refractivity contribution in [1.82, 2.24) is 4.98 Å². The zero-order chi connectivity index (χ0) is 19.5. The van der Waals surface area contributed by atoms with Crippen LogP contribution in [-0.2, 0) is 6.42 Å². The van der Waals surface area contributed by atoms with E-state index in [0.29, 0.717) is 16.0 Å². The normalized spacial score (nSPS) is 11.3. The molecule has 0 saturated carbocycles. The average molecular weight is 390 g/mol. The number of carbonyl (C=O) groups excluding carboxylic acids is 1. The number of nitrogens with one attached hydrogen (secondary N) is 1. The van der Waals surface area contributed by atoms with Gasteiger partial charge in [0.2, 0.25) is 5.88 Å². The number of hydrogen-bond acceptors (Lipinski definition) is 3. The van der Waals surface area contributed by atoms with Crippen LogP contribution >= 0.6 is 11.6 Å². The van der Waals surface area contributed by atoms with Gasteiger partial charge in [0, 0.05) is 16.0 Å². The van der Waals surface area contributed by atoms with Gasteiger partial charge in [-0.05, 0) is 47.9 Å². The molecule has 0 fully saturated rings. The lowest BCUT2D eigenvalue weighted by Crippen LogP contribution is -1.91. The van der Waals surface area contributed by atoms with Gasteiger partial charge in [0.15, 0.2) is 5.69 Å². The van der Waals surface area contributed by atoms with Crippen molar-refractivity contribution in [1.29, 1.82) is 0 Å². The third kappa shape index (κ3) is 3.80. The summed E-state index contributed by atoms with van der Waals surface area (Å²) in [5.41, 5.74) is 3.62. The number of hydrogen-bond donors (Lipinski definition) is 2. The van der Waals surface area contributed by atoms with E-state index in [1.54, 1.807) is 24.3 Å². The Bertz CT molecular complexity index is 1170. The van der Waals surface area contributed by atoms with Crippen molar-refractivity contribution < 1.29 is 9.90 Å². The van der Waals surface area contributed by atoms with Gasteiger partial charge in [0.25, 0.3) is 5.91 Å². The van der Waals surface area contributed by atoms with E-state index in [2.05, 4.69) is 15.2 Å². The lowest BCUT2D eigenvalue weighted by atomic mass is 10.0. The lowest BCUT2D eigenvalue weighted by Gasteiger charge is -2.03. The number of azo groups is 1. The van der Waals surface area contributed by atoms with E-state index in [9.17, 15) is 9.90 Å². The number of amides is 1. The molecule has 5 nitrogen and oxygen atoms in total. The molecule has 0 unspecified atom stereocenters. The van der Waals surface area contributed by atoms with Gasteiger partial charge in [-0.25, -0.2) is 0 Å². The fraction of sp³-hybridized carbons (Fsp3) is 0.0455. The molecule has 28 heavy (non-hydrogen) atoms. The monoisotopic (exact) mass is 389 g/mol. The van der Waals surface area contributed by atoms with Crippen LogP contribution in [-0.4, -0.2) is 16.0 Å². The minimum atomic E-state index is -0.464. The van der Waals surface area contributed by atoms with Gasteiger partial charge in [-0.2, -0.15) is 0 Å². The van der Waals surface area contributed by atoms with Crippen LogP contribution in [0, 0.1) is 0 Å². The molecular formula is C22H16ClN3O2. The van der Waals surface area contributed by atoms with Crippen LogP contribution in [0.15, 0.2) is 83.0 Å². The summed E-state index contributed by atoms with van der Waals surface area (Å²) >= 11 is 5.93. The Morgan fingerprint density at radius 1 is 0.964 bits per heavy atom. The zero-order valence-electron chi connectivity index (χ0n) is 14.8. The number of carbonyl (C=O) groups is 1. The molecule has 3 aromatic carbocycles.